The normalized spacial score (nSPS) is 12.8. The molecule has 0 spiro atoms. The summed E-state index contributed by atoms with van der Waals surface area (Å²) in [5, 5.41) is 7.40. The molecular formula is C31H38N4O5. The number of rotatable bonds is 9. The number of nitrogens with one attached hydrogen (secondary N) is 2. The molecule has 0 radical (unpaired) electrons. The van der Waals surface area contributed by atoms with Gasteiger partial charge in [-0.15, -0.1) is 0 Å². The van der Waals surface area contributed by atoms with Gasteiger partial charge in [-0.3, -0.25) is 14.4 Å². The number of anilines is 1. The molecular weight excluding hydrogens is 508 g/mol. The van der Waals surface area contributed by atoms with Crippen LogP contribution in [0.25, 0.3) is 10.8 Å². The Balaban J connectivity index is 2.00. The SMILES string of the molecule is CCN(C(=O)C(CC(N)=O)NC(=O)OC(C)(C)C)C(C(=O)Nc1ccc2ccccc2c1)c1ccc(C)c(C)c1. The van der Waals surface area contributed by atoms with Crippen LogP contribution < -0.4 is 16.4 Å². The Hall–Kier alpha value is -4.40. The van der Waals surface area contributed by atoms with E-state index in [4.69, 9.17) is 10.5 Å². The lowest BCUT2D eigenvalue weighted by Gasteiger charge is -2.33. The predicted octanol–water partition coefficient (Wildman–Crippen LogP) is 4.75. The quantitative estimate of drug-likeness (QED) is 0.356. The molecule has 9 heteroatoms. The highest BCUT2D eigenvalue weighted by atomic mass is 16.6. The molecule has 9 nitrogen and oxygen atoms in total. The molecule has 2 unspecified atom stereocenters. The van der Waals surface area contributed by atoms with Crippen LogP contribution in [0.1, 0.15) is 56.8 Å². The number of nitrogens with zero attached hydrogens (tertiary/aromatic N) is 1. The van der Waals surface area contributed by atoms with E-state index in [9.17, 15) is 19.2 Å². The average Bonchev–Trinajstić information content (AvgIpc) is 2.86. The van der Waals surface area contributed by atoms with Crippen LogP contribution in [0.15, 0.2) is 60.7 Å². The molecule has 0 aromatic heterocycles. The maximum Gasteiger partial charge on any atom is 0.408 e. The number of alkyl carbamates (subject to hydrolysis) is 1. The van der Waals surface area contributed by atoms with Gasteiger partial charge in [-0.1, -0.05) is 48.5 Å². The first kappa shape index (κ1) is 30.1. The third-order valence-electron chi connectivity index (χ3n) is 6.44. The number of carbonyl (C=O) groups excluding carboxylic acids is 4. The van der Waals surface area contributed by atoms with Gasteiger partial charge in [0.25, 0.3) is 5.91 Å². The molecule has 3 aromatic rings. The van der Waals surface area contributed by atoms with E-state index < -0.39 is 47.9 Å². The van der Waals surface area contributed by atoms with Crippen LogP contribution in [0.2, 0.25) is 0 Å². The Bertz CT molecular complexity index is 1410. The number of hydrogen-bond acceptors (Lipinski definition) is 5. The number of likely N-dealkylation sites (N-methyl/N-ethyl adjacent to an activating group) is 1. The molecule has 0 fully saturated rings. The van der Waals surface area contributed by atoms with Gasteiger partial charge in [0, 0.05) is 12.2 Å². The van der Waals surface area contributed by atoms with Crippen LogP contribution in [0.4, 0.5) is 10.5 Å². The van der Waals surface area contributed by atoms with Gasteiger partial charge in [0.2, 0.25) is 11.8 Å². The molecule has 40 heavy (non-hydrogen) atoms. The van der Waals surface area contributed by atoms with Crippen molar-refractivity contribution in [3.8, 4) is 0 Å². The third-order valence-corrected chi connectivity index (χ3v) is 6.44. The monoisotopic (exact) mass is 546 g/mol. The van der Waals surface area contributed by atoms with E-state index >= 15 is 0 Å². The number of nitrogens with two attached hydrogens (primary N) is 1. The number of fused-ring (bicyclic) bond motifs is 1. The van der Waals surface area contributed by atoms with Crippen molar-refractivity contribution in [3.05, 3.63) is 77.4 Å². The molecule has 3 aromatic carbocycles. The van der Waals surface area contributed by atoms with Gasteiger partial charge in [0.05, 0.1) is 6.42 Å². The summed E-state index contributed by atoms with van der Waals surface area (Å²) in [5.41, 5.74) is 7.74. The smallest absolute Gasteiger partial charge is 0.408 e. The third kappa shape index (κ3) is 7.81. The van der Waals surface area contributed by atoms with Gasteiger partial charge >= 0.3 is 6.09 Å². The Kier molecular flexibility index (Phi) is 9.52. The van der Waals surface area contributed by atoms with Crippen molar-refractivity contribution in [2.75, 3.05) is 11.9 Å². The second-order valence-corrected chi connectivity index (χ2v) is 10.8. The van der Waals surface area contributed by atoms with E-state index in [1.54, 1.807) is 39.8 Å². The molecule has 0 heterocycles. The van der Waals surface area contributed by atoms with Gasteiger partial charge < -0.3 is 26.0 Å². The average molecular weight is 547 g/mol. The summed E-state index contributed by atoms with van der Waals surface area (Å²) in [4.78, 5) is 53.5. The second kappa shape index (κ2) is 12.6. The molecule has 0 aliphatic rings. The van der Waals surface area contributed by atoms with E-state index in [2.05, 4.69) is 10.6 Å². The number of aryl methyl sites for hydroxylation is 2. The highest BCUT2D eigenvalue weighted by molar-refractivity contribution is 6.01. The van der Waals surface area contributed by atoms with Crippen LogP contribution in [0.3, 0.4) is 0 Å². The lowest BCUT2D eigenvalue weighted by atomic mass is 9.98. The first-order chi connectivity index (χ1) is 18.8. The minimum atomic E-state index is -1.32. The van der Waals surface area contributed by atoms with E-state index in [0.717, 1.165) is 21.9 Å². The summed E-state index contributed by atoms with van der Waals surface area (Å²) in [7, 11) is 0. The summed E-state index contributed by atoms with van der Waals surface area (Å²) >= 11 is 0. The van der Waals surface area contributed by atoms with E-state index in [-0.39, 0.29) is 6.54 Å². The fourth-order valence-electron chi connectivity index (χ4n) is 4.40. The first-order valence-electron chi connectivity index (χ1n) is 13.2. The number of benzene rings is 3. The lowest BCUT2D eigenvalue weighted by Crippen LogP contribution is -2.53. The van der Waals surface area contributed by atoms with Crippen molar-refractivity contribution in [1.29, 1.82) is 0 Å². The first-order valence-corrected chi connectivity index (χ1v) is 13.2. The Morgan fingerprint density at radius 2 is 1.60 bits per heavy atom. The maximum atomic E-state index is 13.9. The van der Waals surface area contributed by atoms with Gasteiger partial charge in [-0.05, 0) is 81.1 Å². The minimum absolute atomic E-state index is 0.118. The second-order valence-electron chi connectivity index (χ2n) is 10.8. The van der Waals surface area contributed by atoms with Crippen molar-refractivity contribution in [2.45, 2.75) is 65.6 Å². The van der Waals surface area contributed by atoms with Crippen LogP contribution in [-0.2, 0) is 19.1 Å². The number of ether oxygens (including phenoxy) is 1. The van der Waals surface area contributed by atoms with Crippen molar-refractivity contribution in [3.63, 3.8) is 0 Å². The molecule has 0 saturated carbocycles. The predicted molar refractivity (Wildman–Crippen MR) is 156 cm³/mol. The molecule has 4 amide bonds. The minimum Gasteiger partial charge on any atom is -0.444 e. The Morgan fingerprint density at radius 1 is 0.925 bits per heavy atom. The maximum absolute atomic E-state index is 13.9. The molecule has 3 rings (SSSR count). The summed E-state index contributed by atoms with van der Waals surface area (Å²) in [5.74, 6) is -1.86. The van der Waals surface area contributed by atoms with E-state index in [0.29, 0.717) is 11.3 Å². The van der Waals surface area contributed by atoms with Crippen molar-refractivity contribution in [2.24, 2.45) is 5.73 Å². The molecule has 0 aliphatic heterocycles. The zero-order chi connectivity index (χ0) is 29.6. The highest BCUT2D eigenvalue weighted by Gasteiger charge is 2.36. The van der Waals surface area contributed by atoms with E-state index in [1.807, 2.05) is 62.4 Å². The Morgan fingerprint density at radius 3 is 2.20 bits per heavy atom. The number of primary amides is 1. The van der Waals surface area contributed by atoms with E-state index in [1.165, 1.54) is 4.90 Å². The molecule has 0 saturated heterocycles. The standard InChI is InChI=1S/C31H38N4O5/c1-7-35(29(38)25(18-26(32)36)34-30(39)40-31(4,5)6)27(23-13-12-19(2)20(3)16-23)28(37)33-24-15-14-21-10-8-9-11-22(21)17-24/h8-17,25,27H,7,18H2,1-6H3,(H2,32,36)(H,33,37)(H,34,39). The fraction of sp³-hybridized carbons (Fsp3) is 0.355. The zero-order valence-corrected chi connectivity index (χ0v) is 23.9. The summed E-state index contributed by atoms with van der Waals surface area (Å²) in [6.45, 7) is 10.8. The van der Waals surface area contributed by atoms with Crippen molar-refractivity contribution in [1.82, 2.24) is 10.2 Å². The van der Waals surface area contributed by atoms with Crippen LogP contribution in [0.5, 0.6) is 0 Å². The number of hydrogen-bond donors (Lipinski definition) is 3. The number of carbonyl (C=O) groups is 4. The summed E-state index contributed by atoms with van der Waals surface area (Å²) in [6.07, 6.45) is -1.33. The molecule has 0 aliphatic carbocycles. The van der Waals surface area contributed by atoms with Gasteiger partial charge in [-0.25, -0.2) is 4.79 Å². The van der Waals surface area contributed by atoms with Crippen LogP contribution in [-0.4, -0.2) is 46.9 Å². The van der Waals surface area contributed by atoms with Crippen LogP contribution >= 0.6 is 0 Å². The Labute approximate surface area is 235 Å². The van der Waals surface area contributed by atoms with Crippen LogP contribution in [0, 0.1) is 13.8 Å². The van der Waals surface area contributed by atoms with Crippen molar-refractivity contribution >= 4 is 40.3 Å². The lowest BCUT2D eigenvalue weighted by molar-refractivity contribution is -0.141. The molecule has 2 atom stereocenters. The molecule has 0 bridgehead atoms. The zero-order valence-electron chi connectivity index (χ0n) is 23.9. The van der Waals surface area contributed by atoms with Crippen molar-refractivity contribution < 1.29 is 23.9 Å². The van der Waals surface area contributed by atoms with Gasteiger partial charge in [0.15, 0.2) is 0 Å². The topological polar surface area (TPSA) is 131 Å². The molecule has 4 N–H and O–H groups in total. The molecule has 212 valence electrons. The van der Waals surface area contributed by atoms with Gasteiger partial charge in [0.1, 0.15) is 17.7 Å². The fourth-order valence-corrected chi connectivity index (χ4v) is 4.40. The summed E-state index contributed by atoms with van der Waals surface area (Å²) < 4.78 is 5.30. The van der Waals surface area contributed by atoms with Gasteiger partial charge in [-0.2, -0.15) is 0 Å². The summed E-state index contributed by atoms with van der Waals surface area (Å²) in [6, 6.07) is 16.5. The highest BCUT2D eigenvalue weighted by Crippen LogP contribution is 2.27. The number of amides is 4. The largest absolute Gasteiger partial charge is 0.444 e.